The number of urea groups is 1. The summed E-state index contributed by atoms with van der Waals surface area (Å²) in [5.41, 5.74) is -0.648. The first-order valence-electron chi connectivity index (χ1n) is 12.8. The molecule has 2 heterocycles. The summed E-state index contributed by atoms with van der Waals surface area (Å²) in [5.74, 6) is -3.04. The molecule has 0 aromatic heterocycles. The number of hydrogen-bond acceptors (Lipinski definition) is 6. The zero-order valence-electron chi connectivity index (χ0n) is 21.8. The van der Waals surface area contributed by atoms with E-state index in [1.165, 1.54) is 37.4 Å². The molecule has 14 heteroatoms. The second-order valence-electron chi connectivity index (χ2n) is 10.2. The Morgan fingerprint density at radius 2 is 1.85 bits per heavy atom. The van der Waals surface area contributed by atoms with E-state index in [0.717, 1.165) is 17.0 Å². The van der Waals surface area contributed by atoms with E-state index in [4.69, 9.17) is 9.47 Å². The molecule has 2 atom stereocenters. The van der Waals surface area contributed by atoms with Crippen LogP contribution in [0.2, 0.25) is 0 Å². The van der Waals surface area contributed by atoms with Crippen LogP contribution in [0.3, 0.4) is 0 Å². The second-order valence-corrected chi connectivity index (χ2v) is 10.2. The van der Waals surface area contributed by atoms with Crippen LogP contribution in [0.5, 0.6) is 0 Å². The van der Waals surface area contributed by atoms with Crippen molar-refractivity contribution in [1.29, 1.82) is 0 Å². The molecule has 1 aliphatic carbocycles. The molecule has 2 aromatic carbocycles. The van der Waals surface area contributed by atoms with Crippen LogP contribution < -0.4 is 10.6 Å². The van der Waals surface area contributed by atoms with Gasteiger partial charge < -0.3 is 25.0 Å². The van der Waals surface area contributed by atoms with Crippen LogP contribution in [-0.4, -0.2) is 72.8 Å². The van der Waals surface area contributed by atoms with E-state index < -0.39 is 66.6 Å². The van der Waals surface area contributed by atoms with Gasteiger partial charge in [-0.2, -0.15) is 13.2 Å². The number of anilines is 1. The molecule has 3 aliphatic rings. The Balaban J connectivity index is 1.39. The predicted octanol–water partition coefficient (Wildman–Crippen LogP) is 3.76. The van der Waals surface area contributed by atoms with Crippen LogP contribution >= 0.6 is 0 Å². The second kappa shape index (κ2) is 10.6. The molecule has 0 radical (unpaired) electrons. The summed E-state index contributed by atoms with van der Waals surface area (Å²) in [4.78, 5) is 52.2. The summed E-state index contributed by atoms with van der Waals surface area (Å²) in [5, 5.41) is 4.89. The molecule has 5 rings (SSSR count). The van der Waals surface area contributed by atoms with Crippen LogP contribution in [0.15, 0.2) is 42.5 Å². The molecule has 2 N–H and O–H groups in total. The Morgan fingerprint density at radius 3 is 2.49 bits per heavy atom. The van der Waals surface area contributed by atoms with Crippen molar-refractivity contribution in [3.8, 4) is 0 Å². The zero-order chi connectivity index (χ0) is 29.5. The summed E-state index contributed by atoms with van der Waals surface area (Å²) in [6, 6.07) is 6.50. The van der Waals surface area contributed by atoms with Crippen molar-refractivity contribution in [2.24, 2.45) is 5.92 Å². The standard InChI is InChI=1S/C27H26F4N4O6/c1-32-24(38)33-18-8-9-20-19(10-18)23(37)40-14-26(20)13-34(25(39)41-26)12-21(36)35(11-15-2-6-17(28)7-3-15)22(16-4-5-16)27(29,30)31/h2-3,6-10,16,22H,4-5,11-14H2,1H3,(H2,32,33,38)/t22-,26?/m0/s1. The number of halogens is 4. The minimum absolute atomic E-state index is 0.0231. The van der Waals surface area contributed by atoms with Gasteiger partial charge in [-0.05, 0) is 48.6 Å². The Kier molecular flexibility index (Phi) is 7.26. The number of fused-ring (bicyclic) bond motifs is 2. The number of ether oxygens (including phenoxy) is 2. The molecule has 1 spiro atoms. The number of alkyl halides is 3. The molecule has 2 fully saturated rings. The van der Waals surface area contributed by atoms with Crippen molar-refractivity contribution in [2.45, 2.75) is 37.2 Å². The number of carbonyl (C=O) groups is 4. The molecule has 41 heavy (non-hydrogen) atoms. The number of nitrogens with zero attached hydrogens (tertiary/aromatic N) is 2. The fourth-order valence-electron chi connectivity index (χ4n) is 5.18. The van der Waals surface area contributed by atoms with Crippen LogP contribution in [0.4, 0.5) is 32.8 Å². The predicted molar refractivity (Wildman–Crippen MR) is 134 cm³/mol. The number of hydrogen-bond donors (Lipinski definition) is 2. The van der Waals surface area contributed by atoms with Crippen molar-refractivity contribution < 1.29 is 46.2 Å². The van der Waals surface area contributed by atoms with Crippen LogP contribution in [-0.2, 0) is 26.4 Å². The topological polar surface area (TPSA) is 117 Å². The quantitative estimate of drug-likeness (QED) is 0.382. The third-order valence-electron chi connectivity index (χ3n) is 7.29. The third kappa shape index (κ3) is 5.77. The van der Waals surface area contributed by atoms with Crippen LogP contribution in [0, 0.1) is 11.7 Å². The van der Waals surface area contributed by atoms with Crippen molar-refractivity contribution in [3.05, 3.63) is 65.0 Å². The fourth-order valence-corrected chi connectivity index (χ4v) is 5.18. The van der Waals surface area contributed by atoms with Gasteiger partial charge in [-0.1, -0.05) is 18.2 Å². The lowest BCUT2D eigenvalue weighted by Gasteiger charge is -2.35. The first-order chi connectivity index (χ1) is 19.4. The Bertz CT molecular complexity index is 1380. The maximum Gasteiger partial charge on any atom is 0.411 e. The number of carbonyl (C=O) groups excluding carboxylic acids is 4. The number of rotatable bonds is 7. The van der Waals surface area contributed by atoms with Gasteiger partial charge in [0.05, 0.1) is 12.1 Å². The molecule has 4 amide bonds. The average molecular weight is 579 g/mol. The smallest absolute Gasteiger partial charge is 0.411 e. The largest absolute Gasteiger partial charge is 0.457 e. The Labute approximate surface area is 231 Å². The Hall–Kier alpha value is -4.36. The maximum absolute atomic E-state index is 14.2. The van der Waals surface area contributed by atoms with Gasteiger partial charge in [-0.15, -0.1) is 0 Å². The highest BCUT2D eigenvalue weighted by Gasteiger charge is 2.55. The highest BCUT2D eigenvalue weighted by atomic mass is 19.4. The summed E-state index contributed by atoms with van der Waals surface area (Å²) in [7, 11) is 1.41. The summed E-state index contributed by atoms with van der Waals surface area (Å²) < 4.78 is 66.7. The lowest BCUT2D eigenvalue weighted by molar-refractivity contribution is -0.196. The van der Waals surface area contributed by atoms with E-state index in [-0.39, 0.29) is 30.0 Å². The Morgan fingerprint density at radius 1 is 1.15 bits per heavy atom. The molecule has 2 aromatic rings. The minimum Gasteiger partial charge on any atom is -0.457 e. The van der Waals surface area contributed by atoms with Crippen molar-refractivity contribution in [3.63, 3.8) is 0 Å². The van der Waals surface area contributed by atoms with Gasteiger partial charge in [0.25, 0.3) is 0 Å². The third-order valence-corrected chi connectivity index (χ3v) is 7.29. The maximum atomic E-state index is 14.2. The van der Waals surface area contributed by atoms with Gasteiger partial charge in [0.1, 0.15) is 25.0 Å². The van der Waals surface area contributed by atoms with Gasteiger partial charge >= 0.3 is 24.3 Å². The number of esters is 1. The van der Waals surface area contributed by atoms with Gasteiger partial charge in [-0.3, -0.25) is 9.69 Å². The highest BCUT2D eigenvalue weighted by molar-refractivity contribution is 5.96. The van der Waals surface area contributed by atoms with E-state index in [0.29, 0.717) is 23.3 Å². The van der Waals surface area contributed by atoms with Crippen molar-refractivity contribution in [2.75, 3.05) is 32.1 Å². The van der Waals surface area contributed by atoms with Gasteiger partial charge in [-0.25, -0.2) is 18.8 Å². The lowest BCUT2D eigenvalue weighted by atomic mass is 9.88. The number of benzene rings is 2. The fraction of sp³-hybridized carbons (Fsp3) is 0.407. The number of nitrogens with one attached hydrogen (secondary N) is 2. The SMILES string of the molecule is CNC(=O)Nc1ccc2c(c1)C(=O)OCC21CN(CC(=O)N(Cc2ccc(F)cc2)[C@@H](C2CC2)C(F)(F)F)C(=O)O1. The summed E-state index contributed by atoms with van der Waals surface area (Å²) in [6.07, 6.45) is -5.09. The number of amides is 4. The van der Waals surface area contributed by atoms with Crippen LogP contribution in [0.1, 0.15) is 34.3 Å². The molecule has 2 aliphatic heterocycles. The van der Waals surface area contributed by atoms with Crippen molar-refractivity contribution >= 4 is 29.7 Å². The average Bonchev–Trinajstić information content (AvgIpc) is 3.70. The monoisotopic (exact) mass is 578 g/mol. The highest BCUT2D eigenvalue weighted by Crippen LogP contribution is 2.44. The van der Waals surface area contributed by atoms with E-state index in [2.05, 4.69) is 10.6 Å². The molecule has 1 saturated carbocycles. The van der Waals surface area contributed by atoms with Crippen LogP contribution in [0.25, 0.3) is 0 Å². The van der Waals surface area contributed by atoms with Gasteiger partial charge in [0, 0.05) is 24.8 Å². The zero-order valence-corrected chi connectivity index (χ0v) is 21.8. The minimum atomic E-state index is -4.72. The first kappa shape index (κ1) is 28.2. The molecule has 0 bridgehead atoms. The van der Waals surface area contributed by atoms with Gasteiger partial charge in [0.2, 0.25) is 5.91 Å². The molecule has 1 saturated heterocycles. The van der Waals surface area contributed by atoms with Gasteiger partial charge in [0.15, 0.2) is 5.60 Å². The molecule has 218 valence electrons. The lowest BCUT2D eigenvalue weighted by Crippen LogP contribution is -2.53. The summed E-state index contributed by atoms with van der Waals surface area (Å²) in [6.45, 7) is -1.80. The molecular formula is C27H26F4N4O6. The summed E-state index contributed by atoms with van der Waals surface area (Å²) >= 11 is 0. The molecule has 10 nitrogen and oxygen atoms in total. The van der Waals surface area contributed by atoms with Crippen molar-refractivity contribution in [1.82, 2.24) is 15.1 Å². The number of cyclic esters (lactones) is 1. The first-order valence-corrected chi connectivity index (χ1v) is 12.8. The van der Waals surface area contributed by atoms with E-state index in [1.807, 2.05) is 0 Å². The molecule has 1 unspecified atom stereocenters. The normalized spacial score (nSPS) is 20.7. The van der Waals surface area contributed by atoms with E-state index in [1.54, 1.807) is 0 Å². The molecular weight excluding hydrogens is 552 g/mol. The van der Waals surface area contributed by atoms with E-state index in [9.17, 15) is 36.7 Å². The van der Waals surface area contributed by atoms with E-state index >= 15 is 0 Å².